The van der Waals surface area contributed by atoms with Crippen LogP contribution < -0.4 is 5.32 Å². The molecule has 2 rings (SSSR count). The Bertz CT molecular complexity index is 797. The number of ketones is 1. The van der Waals surface area contributed by atoms with Crippen LogP contribution in [0.15, 0.2) is 46.3 Å². The highest BCUT2D eigenvalue weighted by Crippen LogP contribution is 2.23. The zero-order chi connectivity index (χ0) is 17.5. The Kier molecular flexibility index (Phi) is 6.45. The first kappa shape index (κ1) is 18.1. The topological polar surface area (TPSA) is 72.5 Å². The summed E-state index contributed by atoms with van der Waals surface area (Å²) in [6.07, 6.45) is 2.87. The average Bonchev–Trinajstić information content (AvgIpc) is 2.97. The van der Waals surface area contributed by atoms with Crippen molar-refractivity contribution in [2.75, 3.05) is 11.9 Å². The van der Waals surface area contributed by atoms with Gasteiger partial charge < -0.3 is 10.1 Å². The first-order valence-corrected chi connectivity index (χ1v) is 8.56. The number of halogens is 1. The van der Waals surface area contributed by atoms with Crippen LogP contribution in [0.5, 0.6) is 0 Å². The highest BCUT2D eigenvalue weighted by atomic mass is 79.9. The van der Waals surface area contributed by atoms with Gasteiger partial charge in [-0.05, 0) is 53.2 Å². The molecule has 0 unspecified atom stereocenters. The van der Waals surface area contributed by atoms with Gasteiger partial charge in [0.25, 0.3) is 5.91 Å². The van der Waals surface area contributed by atoms with Crippen molar-refractivity contribution < 1.29 is 19.1 Å². The molecule has 0 saturated carbocycles. The fraction of sp³-hybridized carbons (Fsp3) is 0.118. The molecule has 1 aromatic carbocycles. The number of anilines is 1. The third-order valence-corrected chi connectivity index (χ3v) is 4.49. The lowest BCUT2D eigenvalue weighted by Gasteiger charge is -2.08. The molecule has 0 radical (unpaired) electrons. The van der Waals surface area contributed by atoms with Crippen LogP contribution >= 0.6 is 27.3 Å². The van der Waals surface area contributed by atoms with E-state index in [2.05, 4.69) is 21.2 Å². The second-order valence-corrected chi connectivity index (χ2v) is 7.23. The van der Waals surface area contributed by atoms with Gasteiger partial charge in [-0.25, -0.2) is 4.79 Å². The third kappa shape index (κ3) is 5.43. The summed E-state index contributed by atoms with van der Waals surface area (Å²) in [7, 11) is 0. The van der Waals surface area contributed by atoms with Crippen LogP contribution in [0, 0.1) is 0 Å². The van der Waals surface area contributed by atoms with Crippen molar-refractivity contribution in [2.24, 2.45) is 0 Å². The van der Waals surface area contributed by atoms with Gasteiger partial charge in [0.05, 0.1) is 9.47 Å². The molecule has 0 saturated heterocycles. The van der Waals surface area contributed by atoms with Crippen molar-refractivity contribution >= 4 is 56.7 Å². The highest BCUT2D eigenvalue weighted by Gasteiger charge is 2.10. The Labute approximate surface area is 151 Å². The van der Waals surface area contributed by atoms with Gasteiger partial charge in [-0.2, -0.15) is 0 Å². The standard InChI is InChI=1S/C17H14BrNO4S/c1-11(20)13-4-2-3-5-14(13)19-16(21)10-23-17(22)9-7-12-6-8-15(18)24-12/h2-9H,10H2,1H3,(H,19,21)/b9-7+. The molecule has 1 N–H and O–H groups in total. The highest BCUT2D eigenvalue weighted by molar-refractivity contribution is 9.11. The molecular formula is C17H14BrNO4S. The van der Waals surface area contributed by atoms with Gasteiger partial charge in [-0.3, -0.25) is 9.59 Å². The molecule has 2 aromatic rings. The minimum atomic E-state index is -0.616. The maximum atomic E-state index is 11.8. The summed E-state index contributed by atoms with van der Waals surface area (Å²) >= 11 is 4.80. The Balaban J connectivity index is 1.86. The van der Waals surface area contributed by atoms with Gasteiger partial charge >= 0.3 is 5.97 Å². The van der Waals surface area contributed by atoms with Crippen molar-refractivity contribution in [1.29, 1.82) is 0 Å². The molecule has 0 aliphatic rings. The molecule has 0 bridgehead atoms. The molecule has 1 heterocycles. The Morgan fingerprint density at radius 1 is 1.21 bits per heavy atom. The second kappa shape index (κ2) is 8.56. The molecule has 0 atom stereocenters. The molecule has 0 aliphatic carbocycles. The minimum absolute atomic E-state index is 0.159. The van der Waals surface area contributed by atoms with E-state index in [-0.39, 0.29) is 5.78 Å². The molecular weight excluding hydrogens is 394 g/mol. The average molecular weight is 408 g/mol. The lowest BCUT2D eigenvalue weighted by atomic mass is 10.1. The molecule has 0 spiro atoms. The SMILES string of the molecule is CC(=O)c1ccccc1NC(=O)COC(=O)/C=C/c1ccc(Br)s1. The fourth-order valence-corrected chi connectivity index (χ4v) is 3.16. The largest absolute Gasteiger partial charge is 0.452 e. The van der Waals surface area contributed by atoms with Crippen molar-refractivity contribution in [2.45, 2.75) is 6.92 Å². The van der Waals surface area contributed by atoms with Crippen LogP contribution in [0.1, 0.15) is 22.2 Å². The summed E-state index contributed by atoms with van der Waals surface area (Å²) < 4.78 is 5.83. The summed E-state index contributed by atoms with van der Waals surface area (Å²) in [4.78, 5) is 35.8. The summed E-state index contributed by atoms with van der Waals surface area (Å²) in [6.45, 7) is 0.988. The van der Waals surface area contributed by atoms with Crippen LogP contribution in [0.4, 0.5) is 5.69 Å². The number of nitrogens with one attached hydrogen (secondary N) is 1. The predicted octanol–water partition coefficient (Wildman–Crippen LogP) is 3.91. The van der Waals surface area contributed by atoms with Gasteiger partial charge in [0.2, 0.25) is 0 Å². The Hall–Kier alpha value is -2.25. The van der Waals surface area contributed by atoms with E-state index in [1.54, 1.807) is 30.3 Å². The van der Waals surface area contributed by atoms with Crippen molar-refractivity contribution in [1.82, 2.24) is 0 Å². The number of esters is 1. The number of hydrogen-bond acceptors (Lipinski definition) is 5. The molecule has 124 valence electrons. The summed E-state index contributed by atoms with van der Waals surface area (Å²) in [5.41, 5.74) is 0.797. The zero-order valence-electron chi connectivity index (χ0n) is 12.7. The van der Waals surface area contributed by atoms with Crippen LogP contribution in [-0.4, -0.2) is 24.3 Å². The van der Waals surface area contributed by atoms with E-state index < -0.39 is 18.5 Å². The first-order valence-electron chi connectivity index (χ1n) is 6.95. The van der Waals surface area contributed by atoms with E-state index in [1.165, 1.54) is 24.3 Å². The van der Waals surface area contributed by atoms with Crippen molar-refractivity contribution in [3.8, 4) is 0 Å². The fourth-order valence-electron chi connectivity index (χ4n) is 1.84. The summed E-state index contributed by atoms with van der Waals surface area (Å²) in [6, 6.07) is 10.4. The van der Waals surface area contributed by atoms with Crippen LogP contribution in [0.3, 0.4) is 0 Å². The Morgan fingerprint density at radius 3 is 2.62 bits per heavy atom. The number of carbonyl (C=O) groups excluding carboxylic acids is 3. The lowest BCUT2D eigenvalue weighted by molar-refractivity contribution is -0.142. The number of benzene rings is 1. The molecule has 1 aromatic heterocycles. The van der Waals surface area contributed by atoms with E-state index >= 15 is 0 Å². The number of Topliss-reactive ketones (excluding diaryl/α,β-unsaturated/α-hetero) is 1. The lowest BCUT2D eigenvalue weighted by Crippen LogP contribution is -2.21. The van der Waals surface area contributed by atoms with Gasteiger partial charge in [-0.15, -0.1) is 11.3 Å². The van der Waals surface area contributed by atoms with Crippen molar-refractivity contribution in [3.63, 3.8) is 0 Å². The first-order chi connectivity index (χ1) is 11.5. The number of rotatable bonds is 6. The van der Waals surface area contributed by atoms with E-state index in [0.29, 0.717) is 11.3 Å². The molecule has 24 heavy (non-hydrogen) atoms. The maximum absolute atomic E-state index is 11.8. The van der Waals surface area contributed by atoms with E-state index in [0.717, 1.165) is 8.66 Å². The number of amides is 1. The van der Waals surface area contributed by atoms with E-state index in [1.807, 2.05) is 12.1 Å². The maximum Gasteiger partial charge on any atom is 0.331 e. The van der Waals surface area contributed by atoms with Gasteiger partial charge in [0.1, 0.15) is 0 Å². The van der Waals surface area contributed by atoms with Crippen LogP contribution in [0.25, 0.3) is 6.08 Å². The third-order valence-electron chi connectivity index (χ3n) is 2.90. The number of carbonyl (C=O) groups is 3. The monoisotopic (exact) mass is 407 g/mol. The molecule has 0 fully saturated rings. The van der Waals surface area contributed by atoms with Gasteiger partial charge in [0.15, 0.2) is 12.4 Å². The molecule has 5 nitrogen and oxygen atoms in total. The number of hydrogen-bond donors (Lipinski definition) is 1. The Morgan fingerprint density at radius 2 is 1.96 bits per heavy atom. The van der Waals surface area contributed by atoms with Gasteiger partial charge in [0, 0.05) is 16.5 Å². The predicted molar refractivity (Wildman–Crippen MR) is 97.1 cm³/mol. The molecule has 1 amide bonds. The van der Waals surface area contributed by atoms with Gasteiger partial charge in [-0.1, -0.05) is 12.1 Å². The summed E-state index contributed by atoms with van der Waals surface area (Å²) in [5.74, 6) is -1.29. The van der Waals surface area contributed by atoms with E-state index in [4.69, 9.17) is 4.74 Å². The van der Waals surface area contributed by atoms with Crippen molar-refractivity contribution in [3.05, 3.63) is 56.7 Å². The smallest absolute Gasteiger partial charge is 0.331 e. The molecule has 7 heteroatoms. The van der Waals surface area contributed by atoms with Crippen LogP contribution in [-0.2, 0) is 14.3 Å². The number of thiophene rings is 1. The van der Waals surface area contributed by atoms with E-state index in [9.17, 15) is 14.4 Å². The zero-order valence-corrected chi connectivity index (χ0v) is 15.1. The molecule has 0 aliphatic heterocycles. The summed E-state index contributed by atoms with van der Waals surface area (Å²) in [5, 5.41) is 2.56. The number of para-hydroxylation sites is 1. The second-order valence-electron chi connectivity index (χ2n) is 4.73. The normalized spacial score (nSPS) is 10.6. The minimum Gasteiger partial charge on any atom is -0.452 e. The number of ether oxygens (including phenoxy) is 1. The quantitative estimate of drug-likeness (QED) is 0.447. The van der Waals surface area contributed by atoms with Crippen LogP contribution in [0.2, 0.25) is 0 Å².